The zero-order chi connectivity index (χ0) is 15.5. The molecule has 6 nitrogen and oxygen atoms in total. The lowest BCUT2D eigenvalue weighted by Crippen LogP contribution is -2.24. The fourth-order valence-corrected chi connectivity index (χ4v) is 2.98. The molecule has 21 heavy (non-hydrogen) atoms. The second kappa shape index (κ2) is 7.42. The number of carbonyl (C=O) groups excluding carboxylic acids is 1. The normalized spacial score (nSPS) is 10.6. The van der Waals surface area contributed by atoms with E-state index in [1.165, 1.54) is 6.07 Å². The van der Waals surface area contributed by atoms with Crippen molar-refractivity contribution in [1.82, 2.24) is 0 Å². The number of hydrogen-bond acceptors (Lipinski definition) is 3. The summed E-state index contributed by atoms with van der Waals surface area (Å²) in [6, 6.07) is 3.06. The predicted octanol–water partition coefficient (Wildman–Crippen LogP) is 1.19. The molecular formula is C13H20ClN3O3S. The topological polar surface area (TPSA) is 116 Å². The fourth-order valence-electron chi connectivity index (χ4n) is 2.00. The summed E-state index contributed by atoms with van der Waals surface area (Å²) in [5.74, 6) is -0.975. The molecule has 0 spiro atoms. The van der Waals surface area contributed by atoms with Gasteiger partial charge in [0.1, 0.15) is 0 Å². The van der Waals surface area contributed by atoms with Gasteiger partial charge in [0.25, 0.3) is 5.91 Å². The third-order valence-corrected chi connectivity index (χ3v) is 4.02. The van der Waals surface area contributed by atoms with Gasteiger partial charge in [-0.3, -0.25) is 4.79 Å². The van der Waals surface area contributed by atoms with Crippen LogP contribution in [-0.4, -0.2) is 26.5 Å². The van der Waals surface area contributed by atoms with E-state index in [1.54, 1.807) is 13.0 Å². The van der Waals surface area contributed by atoms with Gasteiger partial charge in [-0.15, -0.1) is 12.4 Å². The molecule has 0 saturated carbocycles. The molecule has 0 heterocycles. The van der Waals surface area contributed by atoms with E-state index in [1.807, 2.05) is 6.92 Å². The average Bonchev–Trinajstić information content (AvgIpc) is 2.26. The summed E-state index contributed by atoms with van der Waals surface area (Å²) in [4.78, 5) is 15.6. The van der Waals surface area contributed by atoms with Gasteiger partial charge < -0.3 is 11.5 Å². The number of amides is 1. The van der Waals surface area contributed by atoms with Crippen molar-refractivity contribution >= 4 is 34.1 Å². The largest absolute Gasteiger partial charge is 0.370 e. The smallest absolute Gasteiger partial charge is 0.280 e. The Morgan fingerprint density at radius 2 is 1.86 bits per heavy atom. The lowest BCUT2D eigenvalue weighted by atomic mass is 10.00. The fraction of sp³-hybridized carbons (Fsp3) is 0.385. The number of nitrogens with two attached hydrogens (primary N) is 2. The van der Waals surface area contributed by atoms with Gasteiger partial charge in [-0.2, -0.15) is 4.99 Å². The number of hydrogen-bond donors (Lipinski definition) is 2. The highest BCUT2D eigenvalue weighted by Crippen LogP contribution is 2.23. The van der Waals surface area contributed by atoms with Crippen molar-refractivity contribution in [3.63, 3.8) is 0 Å². The molecule has 0 aliphatic heterocycles. The molecule has 0 bridgehead atoms. The van der Waals surface area contributed by atoms with Crippen LogP contribution in [0.15, 0.2) is 22.0 Å². The van der Waals surface area contributed by atoms with Crippen molar-refractivity contribution in [2.45, 2.75) is 31.6 Å². The Morgan fingerprint density at radius 1 is 1.29 bits per heavy atom. The van der Waals surface area contributed by atoms with Gasteiger partial charge in [0.05, 0.1) is 4.90 Å². The number of benzene rings is 1. The Bertz CT molecular complexity index is 665. The van der Waals surface area contributed by atoms with Crippen molar-refractivity contribution in [3.8, 4) is 0 Å². The van der Waals surface area contributed by atoms with E-state index in [9.17, 15) is 13.2 Å². The molecule has 0 fully saturated rings. The van der Waals surface area contributed by atoms with Crippen LogP contribution >= 0.6 is 12.4 Å². The molecule has 1 aromatic carbocycles. The lowest BCUT2D eigenvalue weighted by Gasteiger charge is -2.11. The maximum atomic E-state index is 12.0. The number of halogens is 1. The zero-order valence-corrected chi connectivity index (χ0v) is 13.8. The summed E-state index contributed by atoms with van der Waals surface area (Å²) in [5, 5.41) is 0. The molecule has 0 unspecified atom stereocenters. The van der Waals surface area contributed by atoms with E-state index in [2.05, 4.69) is 4.99 Å². The standard InChI is InChI=1S/C13H19N3O3S.ClH/c1-4-5-9-6-8(2)11(20(3,18)19)7-10(9)12(17)16-13(14)15;/h6-7H,4-5H2,1-3H3,(H4,14,15,16,17);1H. The molecule has 0 atom stereocenters. The third-order valence-electron chi connectivity index (χ3n) is 2.78. The van der Waals surface area contributed by atoms with E-state index in [4.69, 9.17) is 11.5 Å². The summed E-state index contributed by atoms with van der Waals surface area (Å²) >= 11 is 0. The predicted molar refractivity (Wildman–Crippen MR) is 85.7 cm³/mol. The molecule has 8 heteroatoms. The highest BCUT2D eigenvalue weighted by Gasteiger charge is 2.18. The first kappa shape index (κ1) is 19.4. The number of nitrogens with zero attached hydrogens (tertiary/aromatic N) is 1. The van der Waals surface area contributed by atoms with E-state index in [0.29, 0.717) is 12.0 Å². The van der Waals surface area contributed by atoms with Crippen LogP contribution in [0.3, 0.4) is 0 Å². The summed E-state index contributed by atoms with van der Waals surface area (Å²) in [6.07, 6.45) is 2.56. The Labute approximate surface area is 131 Å². The molecule has 0 aliphatic rings. The van der Waals surface area contributed by atoms with Crippen molar-refractivity contribution in [1.29, 1.82) is 0 Å². The molecule has 4 N–H and O–H groups in total. The highest BCUT2D eigenvalue weighted by molar-refractivity contribution is 7.90. The van der Waals surface area contributed by atoms with E-state index in [-0.39, 0.29) is 28.8 Å². The maximum absolute atomic E-state index is 12.0. The van der Waals surface area contributed by atoms with Crippen LogP contribution in [0, 0.1) is 6.92 Å². The lowest BCUT2D eigenvalue weighted by molar-refractivity contribution is 0.100. The van der Waals surface area contributed by atoms with Crippen LogP contribution < -0.4 is 11.5 Å². The molecule has 0 aromatic heterocycles. The van der Waals surface area contributed by atoms with Gasteiger partial charge >= 0.3 is 0 Å². The van der Waals surface area contributed by atoms with Gasteiger partial charge in [0.15, 0.2) is 15.8 Å². The maximum Gasteiger partial charge on any atom is 0.280 e. The second-order valence-corrected chi connectivity index (χ2v) is 6.62. The third kappa shape index (κ3) is 5.02. The first-order valence-electron chi connectivity index (χ1n) is 6.14. The SMILES string of the molecule is CCCc1cc(C)c(S(C)(=O)=O)cc1C(=O)N=C(N)N.Cl. The summed E-state index contributed by atoms with van der Waals surface area (Å²) in [7, 11) is -3.41. The van der Waals surface area contributed by atoms with Gasteiger partial charge in [0.2, 0.25) is 0 Å². The Kier molecular flexibility index (Phi) is 6.85. The van der Waals surface area contributed by atoms with E-state index >= 15 is 0 Å². The average molecular weight is 334 g/mol. The second-order valence-electron chi connectivity index (χ2n) is 4.64. The first-order chi connectivity index (χ1) is 9.16. The van der Waals surface area contributed by atoms with E-state index in [0.717, 1.165) is 18.2 Å². The van der Waals surface area contributed by atoms with Crippen LogP contribution in [0.25, 0.3) is 0 Å². The minimum Gasteiger partial charge on any atom is -0.370 e. The number of carbonyl (C=O) groups is 1. The molecule has 0 aliphatic carbocycles. The summed E-state index contributed by atoms with van der Waals surface area (Å²) in [6.45, 7) is 3.67. The number of aliphatic imine (C=N–C) groups is 1. The zero-order valence-electron chi connectivity index (χ0n) is 12.2. The van der Waals surface area contributed by atoms with Crippen LogP contribution in [0.5, 0.6) is 0 Å². The van der Waals surface area contributed by atoms with Gasteiger partial charge in [-0.25, -0.2) is 8.42 Å². The van der Waals surface area contributed by atoms with Gasteiger partial charge in [0, 0.05) is 11.8 Å². The number of rotatable bonds is 4. The van der Waals surface area contributed by atoms with Gasteiger partial charge in [-0.05, 0) is 30.5 Å². The molecule has 0 saturated heterocycles. The van der Waals surface area contributed by atoms with Crippen LogP contribution in [0.1, 0.15) is 34.8 Å². The van der Waals surface area contributed by atoms with Crippen molar-refractivity contribution in [2.24, 2.45) is 16.5 Å². The Balaban J connectivity index is 0.00000400. The number of aryl methyl sites for hydroxylation is 2. The summed E-state index contributed by atoms with van der Waals surface area (Å²) in [5.41, 5.74) is 12.0. The van der Waals surface area contributed by atoms with E-state index < -0.39 is 15.7 Å². The molecule has 118 valence electrons. The minimum atomic E-state index is -3.41. The summed E-state index contributed by atoms with van der Waals surface area (Å²) < 4.78 is 23.4. The quantitative estimate of drug-likeness (QED) is 0.634. The number of sulfone groups is 1. The number of guanidine groups is 1. The molecule has 1 aromatic rings. The molecule has 1 rings (SSSR count). The van der Waals surface area contributed by atoms with Crippen molar-refractivity contribution < 1.29 is 13.2 Å². The Hall–Kier alpha value is -1.60. The van der Waals surface area contributed by atoms with Gasteiger partial charge in [-0.1, -0.05) is 19.4 Å². The molecular weight excluding hydrogens is 314 g/mol. The van der Waals surface area contributed by atoms with Crippen LogP contribution in [0.4, 0.5) is 0 Å². The Morgan fingerprint density at radius 3 is 2.29 bits per heavy atom. The monoisotopic (exact) mass is 333 g/mol. The highest BCUT2D eigenvalue weighted by atomic mass is 35.5. The van der Waals surface area contributed by atoms with Crippen LogP contribution in [-0.2, 0) is 16.3 Å². The van der Waals surface area contributed by atoms with Crippen molar-refractivity contribution in [3.05, 3.63) is 28.8 Å². The van der Waals surface area contributed by atoms with Crippen LogP contribution in [0.2, 0.25) is 0 Å². The molecule has 1 amide bonds. The minimum absolute atomic E-state index is 0. The molecule has 0 radical (unpaired) electrons. The van der Waals surface area contributed by atoms with Crippen molar-refractivity contribution in [2.75, 3.05) is 6.26 Å². The first-order valence-corrected chi connectivity index (χ1v) is 8.03.